The van der Waals surface area contributed by atoms with Crippen LogP contribution in [0.25, 0.3) is 0 Å². The molecule has 1 aliphatic heterocycles. The normalized spacial score (nSPS) is 23.8. The van der Waals surface area contributed by atoms with Gasteiger partial charge in [0.1, 0.15) is 0 Å². The van der Waals surface area contributed by atoms with E-state index in [0.29, 0.717) is 6.04 Å². The maximum atomic E-state index is 4.35. The fourth-order valence-corrected chi connectivity index (χ4v) is 3.25. The third kappa shape index (κ3) is 5.31. The smallest absolute Gasteiger partial charge is 0.191 e. The first-order valence-electron chi connectivity index (χ1n) is 8.47. The van der Waals surface area contributed by atoms with Gasteiger partial charge in [0.2, 0.25) is 0 Å². The summed E-state index contributed by atoms with van der Waals surface area (Å²) in [5, 5.41) is 7.04. The Hall–Kier alpha value is -0.770. The van der Waals surface area contributed by atoms with Crippen LogP contribution in [0.5, 0.6) is 0 Å². The SMILES string of the molecule is CN=C(NCCN1CCC(C)CC1)NC1CCCCC1. The molecule has 2 rings (SSSR count). The molecule has 4 heteroatoms. The van der Waals surface area contributed by atoms with Crippen molar-refractivity contribution in [1.82, 2.24) is 15.5 Å². The van der Waals surface area contributed by atoms with Crippen LogP contribution in [0.15, 0.2) is 4.99 Å². The Kier molecular flexibility index (Phi) is 6.64. The molecule has 0 aromatic carbocycles. The van der Waals surface area contributed by atoms with Gasteiger partial charge in [-0.15, -0.1) is 0 Å². The average molecular weight is 280 g/mol. The Morgan fingerprint density at radius 1 is 1.10 bits per heavy atom. The summed E-state index contributed by atoms with van der Waals surface area (Å²) in [6, 6.07) is 0.630. The molecule has 2 aliphatic rings. The molecule has 1 saturated carbocycles. The zero-order chi connectivity index (χ0) is 14.2. The largest absolute Gasteiger partial charge is 0.355 e. The maximum absolute atomic E-state index is 4.35. The van der Waals surface area contributed by atoms with Crippen molar-refractivity contribution in [2.45, 2.75) is 57.9 Å². The van der Waals surface area contributed by atoms with Crippen molar-refractivity contribution in [2.24, 2.45) is 10.9 Å². The summed E-state index contributed by atoms with van der Waals surface area (Å²) in [7, 11) is 1.88. The second-order valence-corrected chi connectivity index (χ2v) is 6.50. The predicted octanol–water partition coefficient (Wildman–Crippen LogP) is 2.22. The van der Waals surface area contributed by atoms with Gasteiger partial charge in [-0.2, -0.15) is 0 Å². The van der Waals surface area contributed by atoms with Crippen molar-refractivity contribution in [3.63, 3.8) is 0 Å². The van der Waals surface area contributed by atoms with E-state index >= 15 is 0 Å². The lowest BCUT2D eigenvalue weighted by atomic mass is 9.96. The van der Waals surface area contributed by atoms with Crippen LogP contribution in [0.3, 0.4) is 0 Å². The number of rotatable bonds is 4. The Morgan fingerprint density at radius 3 is 2.45 bits per heavy atom. The first kappa shape index (κ1) is 15.6. The van der Waals surface area contributed by atoms with E-state index in [1.54, 1.807) is 0 Å². The van der Waals surface area contributed by atoms with Crippen molar-refractivity contribution in [2.75, 3.05) is 33.2 Å². The van der Waals surface area contributed by atoms with E-state index in [4.69, 9.17) is 0 Å². The molecule has 1 aliphatic carbocycles. The summed E-state index contributed by atoms with van der Waals surface area (Å²) >= 11 is 0. The van der Waals surface area contributed by atoms with E-state index in [0.717, 1.165) is 25.0 Å². The molecular formula is C16H32N4. The number of nitrogens with one attached hydrogen (secondary N) is 2. The number of aliphatic imine (C=N–C) groups is 1. The third-order valence-electron chi connectivity index (χ3n) is 4.77. The Bertz CT molecular complexity index is 289. The summed E-state index contributed by atoms with van der Waals surface area (Å²) in [5.41, 5.74) is 0. The van der Waals surface area contributed by atoms with Crippen LogP contribution in [0.1, 0.15) is 51.9 Å². The number of likely N-dealkylation sites (tertiary alicyclic amines) is 1. The van der Waals surface area contributed by atoms with Gasteiger partial charge >= 0.3 is 0 Å². The van der Waals surface area contributed by atoms with E-state index in [2.05, 4.69) is 27.4 Å². The molecule has 2 N–H and O–H groups in total. The van der Waals surface area contributed by atoms with Gasteiger partial charge in [0.15, 0.2) is 5.96 Å². The van der Waals surface area contributed by atoms with E-state index in [-0.39, 0.29) is 0 Å². The topological polar surface area (TPSA) is 39.7 Å². The van der Waals surface area contributed by atoms with Crippen molar-refractivity contribution in [3.8, 4) is 0 Å². The van der Waals surface area contributed by atoms with Gasteiger partial charge in [0.05, 0.1) is 0 Å². The van der Waals surface area contributed by atoms with Crippen LogP contribution in [0, 0.1) is 5.92 Å². The molecule has 0 atom stereocenters. The predicted molar refractivity (Wildman–Crippen MR) is 86.2 cm³/mol. The van der Waals surface area contributed by atoms with Crippen LogP contribution in [0.2, 0.25) is 0 Å². The van der Waals surface area contributed by atoms with Crippen molar-refractivity contribution in [1.29, 1.82) is 0 Å². The molecule has 4 nitrogen and oxygen atoms in total. The minimum Gasteiger partial charge on any atom is -0.355 e. The highest BCUT2D eigenvalue weighted by Crippen LogP contribution is 2.17. The van der Waals surface area contributed by atoms with Crippen LogP contribution in [-0.4, -0.2) is 50.1 Å². The molecule has 0 radical (unpaired) electrons. The highest BCUT2D eigenvalue weighted by atomic mass is 15.2. The van der Waals surface area contributed by atoms with Gasteiger partial charge < -0.3 is 15.5 Å². The fourth-order valence-electron chi connectivity index (χ4n) is 3.25. The lowest BCUT2D eigenvalue weighted by Gasteiger charge is -2.30. The third-order valence-corrected chi connectivity index (χ3v) is 4.77. The van der Waals surface area contributed by atoms with Crippen molar-refractivity contribution >= 4 is 5.96 Å². The van der Waals surface area contributed by atoms with Crippen molar-refractivity contribution < 1.29 is 0 Å². The minimum atomic E-state index is 0.630. The van der Waals surface area contributed by atoms with Gasteiger partial charge in [-0.1, -0.05) is 26.2 Å². The van der Waals surface area contributed by atoms with Gasteiger partial charge in [-0.25, -0.2) is 0 Å². The lowest BCUT2D eigenvalue weighted by molar-refractivity contribution is 0.195. The molecule has 1 saturated heterocycles. The highest BCUT2D eigenvalue weighted by Gasteiger charge is 2.16. The standard InChI is InChI=1S/C16H32N4/c1-14-8-11-20(12-9-14)13-10-18-16(17-2)19-15-6-4-3-5-7-15/h14-15H,3-13H2,1-2H3,(H2,17,18,19). The Balaban J connectivity index is 1.61. The second kappa shape index (κ2) is 8.50. The zero-order valence-electron chi connectivity index (χ0n) is 13.3. The molecule has 0 aromatic rings. The van der Waals surface area contributed by atoms with Crippen LogP contribution < -0.4 is 10.6 Å². The molecule has 20 heavy (non-hydrogen) atoms. The Morgan fingerprint density at radius 2 is 1.80 bits per heavy atom. The van der Waals surface area contributed by atoms with Crippen LogP contribution in [-0.2, 0) is 0 Å². The van der Waals surface area contributed by atoms with E-state index < -0.39 is 0 Å². The average Bonchev–Trinajstić information content (AvgIpc) is 2.49. The molecule has 0 aromatic heterocycles. The molecule has 0 amide bonds. The first-order valence-corrected chi connectivity index (χ1v) is 8.47. The quantitative estimate of drug-likeness (QED) is 0.613. The summed E-state index contributed by atoms with van der Waals surface area (Å²) < 4.78 is 0. The monoisotopic (exact) mass is 280 g/mol. The number of nitrogens with zero attached hydrogens (tertiary/aromatic N) is 2. The number of hydrogen-bond acceptors (Lipinski definition) is 2. The molecule has 0 unspecified atom stereocenters. The van der Waals surface area contributed by atoms with Gasteiger partial charge in [-0.3, -0.25) is 4.99 Å². The molecular weight excluding hydrogens is 248 g/mol. The van der Waals surface area contributed by atoms with Gasteiger partial charge in [-0.05, 0) is 44.7 Å². The van der Waals surface area contributed by atoms with E-state index in [1.165, 1.54) is 58.0 Å². The lowest BCUT2D eigenvalue weighted by Crippen LogP contribution is -2.47. The number of piperidine rings is 1. The van der Waals surface area contributed by atoms with Crippen LogP contribution in [0.4, 0.5) is 0 Å². The van der Waals surface area contributed by atoms with Gasteiger partial charge in [0.25, 0.3) is 0 Å². The molecule has 0 bridgehead atoms. The second-order valence-electron chi connectivity index (χ2n) is 6.50. The Labute approximate surface area is 124 Å². The molecule has 2 fully saturated rings. The zero-order valence-corrected chi connectivity index (χ0v) is 13.3. The summed E-state index contributed by atoms with van der Waals surface area (Å²) in [6.45, 7) is 7.03. The summed E-state index contributed by atoms with van der Waals surface area (Å²) in [4.78, 5) is 6.92. The number of hydrogen-bond donors (Lipinski definition) is 2. The summed E-state index contributed by atoms with van der Waals surface area (Å²) in [6.07, 6.45) is 9.43. The highest BCUT2D eigenvalue weighted by molar-refractivity contribution is 5.79. The van der Waals surface area contributed by atoms with E-state index in [1.807, 2.05) is 7.05 Å². The molecule has 0 spiro atoms. The number of guanidine groups is 1. The van der Waals surface area contributed by atoms with Crippen molar-refractivity contribution in [3.05, 3.63) is 0 Å². The first-order chi connectivity index (χ1) is 9.78. The molecule has 1 heterocycles. The summed E-state index contributed by atoms with van der Waals surface area (Å²) in [5.74, 6) is 1.90. The fraction of sp³-hybridized carbons (Fsp3) is 0.938. The van der Waals surface area contributed by atoms with E-state index in [9.17, 15) is 0 Å². The van der Waals surface area contributed by atoms with Gasteiger partial charge in [0, 0.05) is 26.2 Å². The minimum absolute atomic E-state index is 0.630. The maximum Gasteiger partial charge on any atom is 0.191 e. The molecule has 116 valence electrons. The van der Waals surface area contributed by atoms with Crippen LogP contribution >= 0.6 is 0 Å².